The van der Waals surface area contributed by atoms with Gasteiger partial charge in [-0.3, -0.25) is 4.90 Å². The van der Waals surface area contributed by atoms with Crippen LogP contribution in [-0.4, -0.2) is 43.8 Å². The molecule has 1 aliphatic rings. The first kappa shape index (κ1) is 16.5. The van der Waals surface area contributed by atoms with Crippen molar-refractivity contribution in [3.05, 3.63) is 34.9 Å². The van der Waals surface area contributed by atoms with Crippen molar-refractivity contribution in [1.29, 1.82) is 0 Å². The molecule has 0 saturated carbocycles. The van der Waals surface area contributed by atoms with E-state index in [1.807, 2.05) is 0 Å². The number of nitrogens with one attached hydrogen (secondary N) is 1. The monoisotopic (exact) mass is 290 g/mol. The second kappa shape index (κ2) is 7.92. The summed E-state index contributed by atoms with van der Waals surface area (Å²) in [5, 5.41) is 3.73. The predicted octanol–water partition coefficient (Wildman–Crippen LogP) is 3.06. The molecule has 1 aromatic carbocycles. The molecule has 1 aliphatic heterocycles. The summed E-state index contributed by atoms with van der Waals surface area (Å²) in [4.78, 5) is 2.53. The van der Waals surface area contributed by atoms with Gasteiger partial charge < -0.3 is 10.1 Å². The molecule has 1 saturated heterocycles. The Morgan fingerprint density at radius 3 is 2.90 bits per heavy atom. The molecule has 0 aliphatic carbocycles. The van der Waals surface area contributed by atoms with Crippen molar-refractivity contribution in [2.75, 3.05) is 32.8 Å². The zero-order chi connectivity index (χ0) is 15.2. The Morgan fingerprint density at radius 2 is 2.19 bits per heavy atom. The van der Waals surface area contributed by atoms with Crippen LogP contribution in [0.5, 0.6) is 0 Å². The van der Waals surface area contributed by atoms with E-state index in [1.54, 1.807) is 0 Å². The lowest BCUT2D eigenvalue weighted by Gasteiger charge is -2.34. The molecule has 2 unspecified atom stereocenters. The van der Waals surface area contributed by atoms with Gasteiger partial charge in [0.05, 0.1) is 12.7 Å². The predicted molar refractivity (Wildman–Crippen MR) is 88.8 cm³/mol. The van der Waals surface area contributed by atoms with E-state index in [0.717, 1.165) is 32.8 Å². The van der Waals surface area contributed by atoms with E-state index in [4.69, 9.17) is 4.74 Å². The number of rotatable bonds is 6. The fraction of sp³-hybridized carbons (Fsp3) is 0.667. The molecule has 1 fully saturated rings. The molecule has 0 bridgehead atoms. The largest absolute Gasteiger partial charge is 0.376 e. The zero-order valence-electron chi connectivity index (χ0n) is 14.0. The van der Waals surface area contributed by atoms with Crippen LogP contribution in [0.3, 0.4) is 0 Å². The molecule has 0 spiro atoms. The number of hydrogen-bond acceptors (Lipinski definition) is 3. The standard InChI is InChI=1S/C18H30N2O/c1-5-8-19-18(13-20-9-10-21-16(4)12-20)17-11-14(2)6-7-15(17)3/h6-7,11,16,18-19H,5,8-10,12-13H2,1-4H3. The van der Waals surface area contributed by atoms with Gasteiger partial charge in [0.2, 0.25) is 0 Å². The van der Waals surface area contributed by atoms with Gasteiger partial charge in [0, 0.05) is 25.7 Å². The lowest BCUT2D eigenvalue weighted by Crippen LogP contribution is -2.45. The van der Waals surface area contributed by atoms with Gasteiger partial charge in [0.15, 0.2) is 0 Å². The normalized spacial score (nSPS) is 21.4. The van der Waals surface area contributed by atoms with Crippen molar-refractivity contribution in [2.24, 2.45) is 0 Å². The number of ether oxygens (including phenoxy) is 1. The van der Waals surface area contributed by atoms with E-state index >= 15 is 0 Å². The van der Waals surface area contributed by atoms with Crippen LogP contribution < -0.4 is 5.32 Å². The molecule has 118 valence electrons. The van der Waals surface area contributed by atoms with Crippen LogP contribution >= 0.6 is 0 Å². The molecule has 1 N–H and O–H groups in total. The zero-order valence-corrected chi connectivity index (χ0v) is 14.0. The van der Waals surface area contributed by atoms with Gasteiger partial charge in [-0.05, 0) is 44.9 Å². The lowest BCUT2D eigenvalue weighted by atomic mass is 9.98. The number of nitrogens with zero attached hydrogens (tertiary/aromatic N) is 1. The van der Waals surface area contributed by atoms with Gasteiger partial charge in [-0.25, -0.2) is 0 Å². The molecular weight excluding hydrogens is 260 g/mol. The van der Waals surface area contributed by atoms with Crippen LogP contribution in [0.1, 0.15) is 43.0 Å². The Hall–Kier alpha value is -0.900. The smallest absolute Gasteiger partial charge is 0.0674 e. The minimum Gasteiger partial charge on any atom is -0.376 e. The summed E-state index contributed by atoms with van der Waals surface area (Å²) in [5.41, 5.74) is 4.17. The SMILES string of the molecule is CCCNC(CN1CCOC(C)C1)c1cc(C)ccc1C. The van der Waals surface area contributed by atoms with Crippen LogP contribution in [0.4, 0.5) is 0 Å². The first-order chi connectivity index (χ1) is 10.1. The summed E-state index contributed by atoms with van der Waals surface area (Å²) in [6, 6.07) is 7.20. The molecule has 2 rings (SSSR count). The highest BCUT2D eigenvalue weighted by Crippen LogP contribution is 2.21. The highest BCUT2D eigenvalue weighted by atomic mass is 16.5. The Balaban J connectivity index is 2.11. The average Bonchev–Trinajstić information content (AvgIpc) is 2.46. The van der Waals surface area contributed by atoms with Gasteiger partial charge in [-0.1, -0.05) is 30.7 Å². The van der Waals surface area contributed by atoms with Crippen LogP contribution in [0.2, 0.25) is 0 Å². The van der Waals surface area contributed by atoms with Gasteiger partial charge in [0.25, 0.3) is 0 Å². The molecule has 0 aromatic heterocycles. The number of hydrogen-bond donors (Lipinski definition) is 1. The molecule has 0 radical (unpaired) electrons. The maximum Gasteiger partial charge on any atom is 0.0674 e. The molecule has 1 aromatic rings. The first-order valence-electron chi connectivity index (χ1n) is 8.24. The maximum atomic E-state index is 5.66. The summed E-state index contributed by atoms with van der Waals surface area (Å²) in [6.45, 7) is 13.9. The summed E-state index contributed by atoms with van der Waals surface area (Å²) in [6.07, 6.45) is 1.52. The molecular formula is C18H30N2O. The third-order valence-electron chi connectivity index (χ3n) is 4.22. The minimum atomic E-state index is 0.351. The number of benzene rings is 1. The second-order valence-electron chi connectivity index (χ2n) is 6.31. The van der Waals surface area contributed by atoms with E-state index in [9.17, 15) is 0 Å². The van der Waals surface area contributed by atoms with Crippen LogP contribution in [0, 0.1) is 13.8 Å². The maximum absolute atomic E-state index is 5.66. The highest BCUT2D eigenvalue weighted by molar-refractivity contribution is 5.33. The Labute approximate surface area is 129 Å². The van der Waals surface area contributed by atoms with E-state index < -0.39 is 0 Å². The molecule has 0 amide bonds. The molecule has 3 nitrogen and oxygen atoms in total. The summed E-state index contributed by atoms with van der Waals surface area (Å²) < 4.78 is 5.66. The summed E-state index contributed by atoms with van der Waals surface area (Å²) in [7, 11) is 0. The molecule has 21 heavy (non-hydrogen) atoms. The van der Waals surface area contributed by atoms with Crippen molar-refractivity contribution < 1.29 is 4.74 Å². The van der Waals surface area contributed by atoms with E-state index in [-0.39, 0.29) is 0 Å². The topological polar surface area (TPSA) is 24.5 Å². The molecule has 3 heteroatoms. The summed E-state index contributed by atoms with van der Waals surface area (Å²) in [5.74, 6) is 0. The third kappa shape index (κ3) is 4.80. The first-order valence-corrected chi connectivity index (χ1v) is 8.24. The van der Waals surface area contributed by atoms with Gasteiger partial charge >= 0.3 is 0 Å². The van der Waals surface area contributed by atoms with Gasteiger partial charge in [0.1, 0.15) is 0 Å². The number of aryl methyl sites for hydroxylation is 2. The number of morpholine rings is 1. The Bertz CT molecular complexity index is 447. The lowest BCUT2D eigenvalue weighted by molar-refractivity contribution is -0.0211. The second-order valence-corrected chi connectivity index (χ2v) is 6.31. The van der Waals surface area contributed by atoms with Crippen molar-refractivity contribution in [1.82, 2.24) is 10.2 Å². The molecule has 1 heterocycles. The van der Waals surface area contributed by atoms with Crippen LogP contribution in [-0.2, 0) is 4.74 Å². The quantitative estimate of drug-likeness (QED) is 0.871. The van der Waals surface area contributed by atoms with Crippen molar-refractivity contribution >= 4 is 0 Å². The minimum absolute atomic E-state index is 0.351. The van der Waals surface area contributed by atoms with Crippen molar-refractivity contribution in [2.45, 2.75) is 46.3 Å². The van der Waals surface area contributed by atoms with Gasteiger partial charge in [-0.2, -0.15) is 0 Å². The van der Waals surface area contributed by atoms with Crippen LogP contribution in [0.15, 0.2) is 18.2 Å². The van der Waals surface area contributed by atoms with Crippen molar-refractivity contribution in [3.8, 4) is 0 Å². The van der Waals surface area contributed by atoms with Crippen LogP contribution in [0.25, 0.3) is 0 Å². The third-order valence-corrected chi connectivity index (χ3v) is 4.22. The van der Waals surface area contributed by atoms with Gasteiger partial charge in [-0.15, -0.1) is 0 Å². The van der Waals surface area contributed by atoms with E-state index in [0.29, 0.717) is 12.1 Å². The highest BCUT2D eigenvalue weighted by Gasteiger charge is 2.22. The Kier molecular flexibility index (Phi) is 6.22. The van der Waals surface area contributed by atoms with E-state index in [1.165, 1.54) is 23.1 Å². The fourth-order valence-corrected chi connectivity index (χ4v) is 3.04. The fourth-order valence-electron chi connectivity index (χ4n) is 3.04. The Morgan fingerprint density at radius 1 is 1.38 bits per heavy atom. The van der Waals surface area contributed by atoms with E-state index in [2.05, 4.69) is 56.1 Å². The summed E-state index contributed by atoms with van der Waals surface area (Å²) >= 11 is 0. The molecule has 2 atom stereocenters. The van der Waals surface area contributed by atoms with Crippen molar-refractivity contribution in [3.63, 3.8) is 0 Å². The average molecular weight is 290 g/mol.